The molecule has 0 spiro atoms. The molecule has 1 heterocycles. The minimum Gasteiger partial charge on any atom is -0.273 e. The van der Waals surface area contributed by atoms with Crippen LogP contribution in [0, 0.1) is 6.92 Å². The van der Waals surface area contributed by atoms with Crippen molar-refractivity contribution in [2.24, 2.45) is 5.10 Å². The number of nitrogens with zero attached hydrogens (tertiary/aromatic N) is 2. The molecule has 4 nitrogen and oxygen atoms in total. The number of aromatic nitrogens is 1. The molecule has 0 bridgehead atoms. The molecule has 5 heteroatoms. The van der Waals surface area contributed by atoms with Crippen LogP contribution in [-0.4, -0.2) is 16.6 Å². The van der Waals surface area contributed by atoms with Gasteiger partial charge in [-0.3, -0.25) is 4.79 Å². The van der Waals surface area contributed by atoms with E-state index in [1.165, 1.54) is 57.8 Å². The zero-order chi connectivity index (χ0) is 16.3. The van der Waals surface area contributed by atoms with Crippen LogP contribution in [0.3, 0.4) is 0 Å². The number of amides is 1. The Hall–Kier alpha value is -1.23. The van der Waals surface area contributed by atoms with Crippen molar-refractivity contribution in [2.45, 2.75) is 84.0 Å². The van der Waals surface area contributed by atoms with Crippen molar-refractivity contribution < 1.29 is 4.79 Å². The average molecular weight is 336 g/mol. The van der Waals surface area contributed by atoms with Crippen LogP contribution < -0.4 is 5.43 Å². The first-order valence-corrected chi connectivity index (χ1v) is 9.87. The molecule has 1 aliphatic carbocycles. The Morgan fingerprint density at radius 2 is 1.65 bits per heavy atom. The molecular formula is C18H29N3OS. The van der Waals surface area contributed by atoms with Gasteiger partial charge >= 0.3 is 0 Å². The van der Waals surface area contributed by atoms with Gasteiger partial charge in [0.15, 0.2) is 0 Å². The Balaban J connectivity index is 1.80. The molecule has 1 N–H and O–H groups in total. The molecule has 1 aromatic heterocycles. The normalized spacial score (nSPS) is 17.9. The summed E-state index contributed by atoms with van der Waals surface area (Å²) in [4.78, 5) is 16.3. The lowest BCUT2D eigenvalue weighted by Crippen LogP contribution is -2.22. The molecule has 0 unspecified atom stereocenters. The molecule has 128 valence electrons. The summed E-state index contributed by atoms with van der Waals surface area (Å²) >= 11 is 1.58. The largest absolute Gasteiger partial charge is 0.273 e. The lowest BCUT2D eigenvalue weighted by atomic mass is 10.00. The maximum Gasteiger partial charge on any atom is 0.246 e. The first kappa shape index (κ1) is 18.1. The van der Waals surface area contributed by atoms with Crippen LogP contribution in [0.15, 0.2) is 10.5 Å². The Kier molecular flexibility index (Phi) is 8.29. The molecule has 1 fully saturated rings. The van der Waals surface area contributed by atoms with Crippen LogP contribution in [0.2, 0.25) is 0 Å². The molecule has 0 atom stereocenters. The number of nitrogens with one attached hydrogen (secondary N) is 1. The third-order valence-corrected chi connectivity index (χ3v) is 5.10. The van der Waals surface area contributed by atoms with Gasteiger partial charge in [0.25, 0.3) is 0 Å². The highest BCUT2D eigenvalue weighted by Gasteiger charge is 2.07. The number of hydrogen-bond donors (Lipinski definition) is 1. The van der Waals surface area contributed by atoms with E-state index in [1.807, 2.05) is 12.3 Å². The van der Waals surface area contributed by atoms with Gasteiger partial charge in [-0.2, -0.15) is 5.10 Å². The highest BCUT2D eigenvalue weighted by molar-refractivity contribution is 7.09. The molecule has 0 radical (unpaired) electrons. The standard InChI is InChI=1S/C18H29N3OS/c1-15-19-17(14-23-15)13-18(22)21-20-16-11-9-7-5-3-2-4-6-8-10-12-16/h14H,2-13H2,1H3,(H,21,22). The molecule has 0 saturated heterocycles. The van der Waals surface area contributed by atoms with Gasteiger partial charge in [0.2, 0.25) is 5.91 Å². The molecule has 0 aliphatic heterocycles. The van der Waals surface area contributed by atoms with E-state index in [0.29, 0.717) is 6.42 Å². The fourth-order valence-electron chi connectivity index (χ4n) is 2.97. The van der Waals surface area contributed by atoms with Gasteiger partial charge in [0, 0.05) is 11.1 Å². The third-order valence-electron chi connectivity index (χ3n) is 4.28. The minimum absolute atomic E-state index is 0.0612. The van der Waals surface area contributed by atoms with Gasteiger partial charge < -0.3 is 0 Å². The van der Waals surface area contributed by atoms with Crippen LogP contribution in [0.25, 0.3) is 0 Å². The van der Waals surface area contributed by atoms with Crippen LogP contribution >= 0.6 is 11.3 Å². The van der Waals surface area contributed by atoms with Gasteiger partial charge in [-0.05, 0) is 32.6 Å². The van der Waals surface area contributed by atoms with E-state index >= 15 is 0 Å². The van der Waals surface area contributed by atoms with E-state index in [-0.39, 0.29) is 5.91 Å². The Morgan fingerprint density at radius 1 is 1.09 bits per heavy atom. The van der Waals surface area contributed by atoms with Crippen molar-refractivity contribution in [3.63, 3.8) is 0 Å². The topological polar surface area (TPSA) is 54.4 Å². The lowest BCUT2D eigenvalue weighted by molar-refractivity contribution is -0.120. The van der Waals surface area contributed by atoms with Gasteiger partial charge in [0.1, 0.15) is 0 Å². The van der Waals surface area contributed by atoms with E-state index in [4.69, 9.17) is 0 Å². The molecule has 1 saturated carbocycles. The summed E-state index contributed by atoms with van der Waals surface area (Å²) in [5, 5.41) is 7.35. The van der Waals surface area contributed by atoms with E-state index < -0.39 is 0 Å². The molecule has 23 heavy (non-hydrogen) atoms. The van der Waals surface area contributed by atoms with E-state index in [0.717, 1.165) is 29.3 Å². The van der Waals surface area contributed by atoms with Crippen LogP contribution in [-0.2, 0) is 11.2 Å². The van der Waals surface area contributed by atoms with E-state index in [2.05, 4.69) is 15.5 Å². The number of carbonyl (C=O) groups is 1. The zero-order valence-corrected chi connectivity index (χ0v) is 15.1. The summed E-state index contributed by atoms with van der Waals surface area (Å²) in [6.07, 6.45) is 14.1. The molecule has 1 amide bonds. The Bertz CT molecular complexity index is 496. The smallest absolute Gasteiger partial charge is 0.246 e. The molecule has 0 aromatic carbocycles. The fraction of sp³-hybridized carbons (Fsp3) is 0.722. The fourth-order valence-corrected chi connectivity index (χ4v) is 3.58. The quantitative estimate of drug-likeness (QED) is 0.809. The van der Waals surface area contributed by atoms with Crippen LogP contribution in [0.4, 0.5) is 0 Å². The van der Waals surface area contributed by atoms with Gasteiger partial charge in [-0.15, -0.1) is 11.3 Å². The van der Waals surface area contributed by atoms with Crippen LogP contribution in [0.5, 0.6) is 0 Å². The highest BCUT2D eigenvalue weighted by atomic mass is 32.1. The predicted octanol–water partition coefficient (Wildman–Crippen LogP) is 4.77. The first-order chi connectivity index (χ1) is 11.2. The van der Waals surface area contributed by atoms with Crippen molar-refractivity contribution in [1.29, 1.82) is 0 Å². The van der Waals surface area contributed by atoms with Crippen molar-refractivity contribution in [3.8, 4) is 0 Å². The molecular weight excluding hydrogens is 306 g/mol. The first-order valence-electron chi connectivity index (χ1n) is 8.99. The summed E-state index contributed by atoms with van der Waals surface area (Å²) in [6.45, 7) is 1.96. The van der Waals surface area contributed by atoms with Crippen LogP contribution in [0.1, 0.15) is 81.3 Å². The monoisotopic (exact) mass is 335 g/mol. The molecule has 2 rings (SSSR count). The third kappa shape index (κ3) is 7.73. The zero-order valence-electron chi connectivity index (χ0n) is 14.3. The lowest BCUT2D eigenvalue weighted by Gasteiger charge is -2.09. The number of aryl methyl sites for hydroxylation is 1. The second-order valence-electron chi connectivity index (χ2n) is 6.43. The van der Waals surface area contributed by atoms with Gasteiger partial charge in [-0.25, -0.2) is 10.4 Å². The predicted molar refractivity (Wildman–Crippen MR) is 96.9 cm³/mol. The SMILES string of the molecule is Cc1nc(CC(=O)NN=C2CCCCCCCCCCC2)cs1. The Labute approximate surface area is 143 Å². The summed E-state index contributed by atoms with van der Waals surface area (Å²) in [7, 11) is 0. The minimum atomic E-state index is -0.0612. The number of hydrazone groups is 1. The van der Waals surface area contributed by atoms with Crippen molar-refractivity contribution >= 4 is 23.0 Å². The number of rotatable bonds is 3. The van der Waals surface area contributed by atoms with Gasteiger partial charge in [-0.1, -0.05) is 44.9 Å². The second kappa shape index (κ2) is 10.5. The number of thiazole rings is 1. The maximum atomic E-state index is 12.0. The Morgan fingerprint density at radius 3 is 2.17 bits per heavy atom. The van der Waals surface area contributed by atoms with Crippen molar-refractivity contribution in [2.75, 3.05) is 0 Å². The summed E-state index contributed by atoms with van der Waals surface area (Å²) in [5.41, 5.74) is 4.73. The van der Waals surface area contributed by atoms with Gasteiger partial charge in [0.05, 0.1) is 17.1 Å². The number of hydrogen-bond acceptors (Lipinski definition) is 4. The summed E-state index contributed by atoms with van der Waals surface area (Å²) in [6, 6.07) is 0. The number of carbonyl (C=O) groups excluding carboxylic acids is 1. The highest BCUT2D eigenvalue weighted by Crippen LogP contribution is 2.15. The summed E-state index contributed by atoms with van der Waals surface area (Å²) in [5.74, 6) is -0.0612. The van der Waals surface area contributed by atoms with E-state index in [9.17, 15) is 4.79 Å². The van der Waals surface area contributed by atoms with Crippen molar-refractivity contribution in [1.82, 2.24) is 10.4 Å². The summed E-state index contributed by atoms with van der Waals surface area (Å²) < 4.78 is 0. The molecule has 1 aliphatic rings. The van der Waals surface area contributed by atoms with E-state index in [1.54, 1.807) is 11.3 Å². The second-order valence-corrected chi connectivity index (χ2v) is 7.49. The van der Waals surface area contributed by atoms with Crippen molar-refractivity contribution in [3.05, 3.63) is 16.1 Å². The maximum absolute atomic E-state index is 12.0. The average Bonchev–Trinajstić information content (AvgIpc) is 2.92. The molecule has 1 aromatic rings.